The molecule has 0 radical (unpaired) electrons. The molecule has 6 heteroatoms. The molecule has 2 aromatic carbocycles. The molecule has 0 aliphatic carbocycles. The van der Waals surface area contributed by atoms with Crippen LogP contribution in [0.4, 0.5) is 20.6 Å². The maximum atomic E-state index is 13.1. The molecule has 0 bridgehead atoms. The molecule has 2 aromatic rings. The Morgan fingerprint density at radius 1 is 1.20 bits per heavy atom. The van der Waals surface area contributed by atoms with Gasteiger partial charge in [-0.15, -0.1) is 0 Å². The first-order valence-corrected chi connectivity index (χ1v) is 6.19. The van der Waals surface area contributed by atoms with Crippen LogP contribution in [-0.2, 0) is 6.61 Å². The Balaban J connectivity index is 2.10. The van der Waals surface area contributed by atoms with E-state index in [2.05, 4.69) is 10.6 Å². The van der Waals surface area contributed by atoms with E-state index < -0.39 is 11.8 Å². The molecule has 0 saturated carbocycles. The lowest BCUT2D eigenvalue weighted by atomic mass is 10.2. The van der Waals surface area contributed by atoms with Gasteiger partial charge in [0.2, 0.25) is 0 Å². The van der Waals surface area contributed by atoms with Crippen LogP contribution >= 0.6 is 11.6 Å². The molecule has 20 heavy (non-hydrogen) atoms. The number of hydrogen-bond donors (Lipinski definition) is 3. The van der Waals surface area contributed by atoms with Gasteiger partial charge in [-0.3, -0.25) is 0 Å². The Labute approximate surface area is 120 Å². The largest absolute Gasteiger partial charge is 0.392 e. The lowest BCUT2D eigenvalue weighted by Crippen LogP contribution is -2.20. The highest BCUT2D eigenvalue weighted by Gasteiger charge is 2.08. The van der Waals surface area contributed by atoms with Crippen molar-refractivity contribution in [3.8, 4) is 0 Å². The fraction of sp³-hybridized carbons (Fsp3) is 0.0714. The van der Waals surface area contributed by atoms with Crippen LogP contribution in [0.25, 0.3) is 0 Å². The number of amides is 2. The van der Waals surface area contributed by atoms with Crippen LogP contribution in [0.15, 0.2) is 42.5 Å². The second kappa shape index (κ2) is 6.36. The second-order valence-corrected chi connectivity index (χ2v) is 4.49. The zero-order chi connectivity index (χ0) is 14.5. The van der Waals surface area contributed by atoms with Gasteiger partial charge in [0.25, 0.3) is 0 Å². The number of aliphatic hydroxyl groups is 1. The topological polar surface area (TPSA) is 61.4 Å². The van der Waals surface area contributed by atoms with E-state index in [4.69, 9.17) is 16.7 Å². The van der Waals surface area contributed by atoms with Crippen molar-refractivity contribution in [3.05, 3.63) is 58.9 Å². The van der Waals surface area contributed by atoms with Gasteiger partial charge in [0, 0.05) is 16.3 Å². The smallest absolute Gasteiger partial charge is 0.323 e. The molecule has 3 N–H and O–H groups in total. The van der Waals surface area contributed by atoms with Gasteiger partial charge < -0.3 is 15.7 Å². The predicted molar refractivity (Wildman–Crippen MR) is 76.4 cm³/mol. The highest BCUT2D eigenvalue weighted by Crippen LogP contribution is 2.19. The van der Waals surface area contributed by atoms with Gasteiger partial charge in [-0.1, -0.05) is 23.7 Å². The second-order valence-electron chi connectivity index (χ2n) is 4.05. The first kappa shape index (κ1) is 14.3. The summed E-state index contributed by atoms with van der Waals surface area (Å²) in [5, 5.41) is 14.7. The zero-order valence-corrected chi connectivity index (χ0v) is 11.1. The van der Waals surface area contributed by atoms with Crippen LogP contribution in [0.3, 0.4) is 0 Å². The summed E-state index contributed by atoms with van der Waals surface area (Å²) < 4.78 is 13.1. The van der Waals surface area contributed by atoms with Crippen molar-refractivity contribution < 1.29 is 14.3 Å². The van der Waals surface area contributed by atoms with Crippen molar-refractivity contribution in [3.63, 3.8) is 0 Å². The first-order chi connectivity index (χ1) is 9.58. The molecule has 0 saturated heterocycles. The summed E-state index contributed by atoms with van der Waals surface area (Å²) in [6, 6.07) is 9.84. The molecule has 0 heterocycles. The van der Waals surface area contributed by atoms with Gasteiger partial charge in [0.05, 0.1) is 12.3 Å². The van der Waals surface area contributed by atoms with E-state index in [0.29, 0.717) is 16.3 Å². The molecule has 2 rings (SSSR count). The van der Waals surface area contributed by atoms with Crippen molar-refractivity contribution in [2.45, 2.75) is 6.61 Å². The molecule has 0 fully saturated rings. The number of nitrogens with one attached hydrogen (secondary N) is 2. The fourth-order valence-corrected chi connectivity index (χ4v) is 1.84. The SMILES string of the molecule is O=C(Nc1cccc(Cl)c1)Nc1cc(F)ccc1CO. The molecule has 0 spiro atoms. The summed E-state index contributed by atoms with van der Waals surface area (Å²) in [7, 11) is 0. The van der Waals surface area contributed by atoms with Crippen LogP contribution < -0.4 is 10.6 Å². The minimum atomic E-state index is -0.549. The number of urea groups is 1. The molecule has 0 unspecified atom stereocenters. The average Bonchev–Trinajstić information content (AvgIpc) is 2.38. The van der Waals surface area contributed by atoms with Crippen molar-refractivity contribution >= 4 is 29.0 Å². The Hall–Kier alpha value is -2.11. The monoisotopic (exact) mass is 294 g/mol. The average molecular weight is 295 g/mol. The number of halogens is 2. The van der Waals surface area contributed by atoms with Crippen LogP contribution in [0, 0.1) is 5.82 Å². The molecule has 4 nitrogen and oxygen atoms in total. The third kappa shape index (κ3) is 3.69. The molecule has 2 amide bonds. The highest BCUT2D eigenvalue weighted by atomic mass is 35.5. The maximum Gasteiger partial charge on any atom is 0.323 e. The van der Waals surface area contributed by atoms with Gasteiger partial charge in [0.15, 0.2) is 0 Å². The number of benzene rings is 2. The molecule has 104 valence electrons. The Morgan fingerprint density at radius 3 is 2.70 bits per heavy atom. The molecule has 0 atom stereocenters. The van der Waals surface area contributed by atoms with Gasteiger partial charge in [0.1, 0.15) is 5.82 Å². The minimum absolute atomic E-state index is 0.215. The summed E-state index contributed by atoms with van der Waals surface area (Å²) >= 11 is 5.80. The Kier molecular flexibility index (Phi) is 4.55. The van der Waals surface area contributed by atoms with E-state index in [0.717, 1.165) is 6.07 Å². The molecular weight excluding hydrogens is 283 g/mol. The van der Waals surface area contributed by atoms with E-state index in [1.807, 2.05) is 0 Å². The van der Waals surface area contributed by atoms with Crippen molar-refractivity contribution in [2.24, 2.45) is 0 Å². The van der Waals surface area contributed by atoms with Crippen LogP contribution in [0.5, 0.6) is 0 Å². The number of carbonyl (C=O) groups is 1. The van der Waals surface area contributed by atoms with Crippen LogP contribution in [-0.4, -0.2) is 11.1 Å². The number of rotatable bonds is 3. The zero-order valence-electron chi connectivity index (χ0n) is 10.4. The first-order valence-electron chi connectivity index (χ1n) is 5.81. The van der Waals surface area contributed by atoms with Gasteiger partial charge >= 0.3 is 6.03 Å². The minimum Gasteiger partial charge on any atom is -0.392 e. The van der Waals surface area contributed by atoms with Gasteiger partial charge in [-0.05, 0) is 30.3 Å². The Morgan fingerprint density at radius 2 is 2.00 bits per heavy atom. The molecular formula is C14H12ClFN2O2. The van der Waals surface area contributed by atoms with E-state index in [9.17, 15) is 9.18 Å². The number of aliphatic hydroxyl groups excluding tert-OH is 1. The van der Waals surface area contributed by atoms with Crippen molar-refractivity contribution in [2.75, 3.05) is 10.6 Å². The van der Waals surface area contributed by atoms with E-state index in [-0.39, 0.29) is 12.3 Å². The lowest BCUT2D eigenvalue weighted by Gasteiger charge is -2.11. The fourth-order valence-electron chi connectivity index (χ4n) is 1.65. The summed E-state index contributed by atoms with van der Waals surface area (Å²) in [5.74, 6) is -0.500. The van der Waals surface area contributed by atoms with Crippen LogP contribution in [0.1, 0.15) is 5.56 Å². The van der Waals surface area contributed by atoms with E-state index >= 15 is 0 Å². The van der Waals surface area contributed by atoms with E-state index in [1.165, 1.54) is 12.1 Å². The summed E-state index contributed by atoms with van der Waals surface area (Å²) in [6.07, 6.45) is 0. The summed E-state index contributed by atoms with van der Waals surface area (Å²) in [6.45, 7) is -0.299. The summed E-state index contributed by atoms with van der Waals surface area (Å²) in [5.41, 5.74) is 1.15. The normalized spacial score (nSPS) is 10.2. The number of anilines is 2. The standard InChI is InChI=1S/C14H12ClFN2O2/c15-10-2-1-3-12(6-10)17-14(20)18-13-7-11(16)5-4-9(13)8-19/h1-7,19H,8H2,(H2,17,18,20). The predicted octanol–water partition coefficient (Wildman–Crippen LogP) is 3.62. The highest BCUT2D eigenvalue weighted by molar-refractivity contribution is 6.30. The summed E-state index contributed by atoms with van der Waals surface area (Å²) in [4.78, 5) is 11.8. The Bertz CT molecular complexity index is 634. The van der Waals surface area contributed by atoms with Crippen LogP contribution in [0.2, 0.25) is 5.02 Å². The molecule has 0 aliphatic rings. The van der Waals surface area contributed by atoms with Crippen molar-refractivity contribution in [1.29, 1.82) is 0 Å². The number of carbonyl (C=O) groups excluding carboxylic acids is 1. The molecule has 0 aliphatic heterocycles. The van der Waals surface area contributed by atoms with Gasteiger partial charge in [-0.25, -0.2) is 9.18 Å². The molecule has 0 aromatic heterocycles. The van der Waals surface area contributed by atoms with Crippen molar-refractivity contribution in [1.82, 2.24) is 0 Å². The maximum absolute atomic E-state index is 13.1. The quantitative estimate of drug-likeness (QED) is 0.810. The third-order valence-electron chi connectivity index (χ3n) is 2.57. The van der Waals surface area contributed by atoms with E-state index in [1.54, 1.807) is 24.3 Å². The third-order valence-corrected chi connectivity index (χ3v) is 2.81. The number of hydrogen-bond acceptors (Lipinski definition) is 2. The lowest BCUT2D eigenvalue weighted by molar-refractivity contribution is 0.262. The van der Waals surface area contributed by atoms with Gasteiger partial charge in [-0.2, -0.15) is 0 Å².